The fourth-order valence-electron chi connectivity index (χ4n) is 5.23. The number of anilines is 1. The van der Waals surface area contributed by atoms with Gasteiger partial charge in [-0.3, -0.25) is 4.79 Å². The molecule has 1 aliphatic carbocycles. The van der Waals surface area contributed by atoms with Crippen LogP contribution in [0.4, 0.5) is 5.69 Å². The maximum Gasteiger partial charge on any atom is 0.221 e. The first kappa shape index (κ1) is 20.0. The van der Waals surface area contributed by atoms with Crippen LogP contribution in [0.2, 0.25) is 5.02 Å². The van der Waals surface area contributed by atoms with Gasteiger partial charge in [0, 0.05) is 28.9 Å². The predicted octanol–water partition coefficient (Wildman–Crippen LogP) is 6.42. The number of amides is 1. The van der Waals surface area contributed by atoms with E-state index in [0.717, 1.165) is 36.8 Å². The Hall–Kier alpha value is -1.88. The zero-order valence-corrected chi connectivity index (χ0v) is 18.9. The summed E-state index contributed by atoms with van der Waals surface area (Å²) in [5.41, 5.74) is 5.30. The van der Waals surface area contributed by atoms with E-state index in [0.29, 0.717) is 11.8 Å². The maximum absolute atomic E-state index is 11.4. The van der Waals surface area contributed by atoms with E-state index in [1.54, 1.807) is 6.92 Å². The monoisotopic (exact) mass is 438 g/mol. The highest BCUT2D eigenvalue weighted by molar-refractivity contribution is 7.17. The zero-order chi connectivity index (χ0) is 20.7. The average molecular weight is 439 g/mol. The Kier molecular flexibility index (Phi) is 5.57. The number of piperidine rings is 1. The molecule has 2 heterocycles. The van der Waals surface area contributed by atoms with E-state index >= 15 is 0 Å². The minimum Gasteiger partial charge on any atom is -0.326 e. The molecular weight excluding hydrogens is 412 g/mol. The van der Waals surface area contributed by atoms with E-state index in [1.165, 1.54) is 46.0 Å². The number of aryl methyl sites for hydroxylation is 1. The molecule has 1 aliphatic heterocycles. The van der Waals surface area contributed by atoms with Crippen LogP contribution in [0.15, 0.2) is 41.8 Å². The molecule has 1 saturated heterocycles. The van der Waals surface area contributed by atoms with Crippen molar-refractivity contribution < 1.29 is 4.79 Å². The molecule has 30 heavy (non-hydrogen) atoms. The highest BCUT2D eigenvalue weighted by Crippen LogP contribution is 2.40. The quantitative estimate of drug-likeness (QED) is 0.509. The molecule has 0 saturated carbocycles. The lowest BCUT2D eigenvalue weighted by atomic mass is 9.88. The first-order valence-corrected chi connectivity index (χ1v) is 12.1. The van der Waals surface area contributed by atoms with Crippen molar-refractivity contribution in [1.82, 2.24) is 4.90 Å². The number of hydrogen-bond acceptors (Lipinski definition) is 3. The summed E-state index contributed by atoms with van der Waals surface area (Å²) >= 11 is 8.10. The lowest BCUT2D eigenvalue weighted by molar-refractivity contribution is -0.114. The average Bonchev–Trinajstić information content (AvgIpc) is 3.32. The van der Waals surface area contributed by atoms with Gasteiger partial charge in [0.15, 0.2) is 0 Å². The summed E-state index contributed by atoms with van der Waals surface area (Å²) in [6, 6.07) is 12.7. The second kappa shape index (κ2) is 8.33. The number of nitrogens with zero attached hydrogens (tertiary/aromatic N) is 1. The summed E-state index contributed by atoms with van der Waals surface area (Å²) in [6.07, 6.45) is 4.79. The van der Waals surface area contributed by atoms with E-state index in [9.17, 15) is 4.79 Å². The van der Waals surface area contributed by atoms with E-state index in [2.05, 4.69) is 39.9 Å². The van der Waals surface area contributed by atoms with Crippen LogP contribution < -0.4 is 5.32 Å². The first-order valence-electron chi connectivity index (χ1n) is 10.9. The summed E-state index contributed by atoms with van der Waals surface area (Å²) in [5, 5.41) is 7.46. The molecule has 1 fully saturated rings. The summed E-state index contributed by atoms with van der Waals surface area (Å²) in [7, 11) is 0. The van der Waals surface area contributed by atoms with E-state index < -0.39 is 0 Å². The molecule has 0 bridgehead atoms. The van der Waals surface area contributed by atoms with Gasteiger partial charge in [0.05, 0.1) is 0 Å². The number of carbonyl (C=O) groups excluding carboxylic acids is 1. The molecule has 2 aliphatic rings. The minimum atomic E-state index is -0.00573. The lowest BCUT2D eigenvalue weighted by Crippen LogP contribution is -2.35. The van der Waals surface area contributed by atoms with E-state index in [1.807, 2.05) is 23.5 Å². The van der Waals surface area contributed by atoms with Crippen LogP contribution in [0.1, 0.15) is 54.7 Å². The fraction of sp³-hybridized carbons (Fsp3) is 0.400. The van der Waals surface area contributed by atoms with Crippen molar-refractivity contribution in [1.29, 1.82) is 0 Å². The number of thiophene rings is 1. The molecule has 156 valence electrons. The van der Waals surface area contributed by atoms with Gasteiger partial charge >= 0.3 is 0 Å². The van der Waals surface area contributed by atoms with Gasteiger partial charge in [0.25, 0.3) is 0 Å². The van der Waals surface area contributed by atoms with Gasteiger partial charge < -0.3 is 10.2 Å². The lowest BCUT2D eigenvalue weighted by Gasteiger charge is -2.33. The molecule has 3 aromatic rings. The van der Waals surface area contributed by atoms with Crippen molar-refractivity contribution in [3.05, 3.63) is 63.5 Å². The number of likely N-dealkylation sites (tertiary alicyclic amines) is 1. The molecular formula is C25H27ClN2OS. The second-order valence-electron chi connectivity index (χ2n) is 8.74. The van der Waals surface area contributed by atoms with Gasteiger partial charge in [0.1, 0.15) is 0 Å². The van der Waals surface area contributed by atoms with E-state index in [-0.39, 0.29) is 5.91 Å². The molecule has 0 spiro atoms. The molecule has 3 nitrogen and oxygen atoms in total. The molecule has 5 heteroatoms. The highest BCUT2D eigenvalue weighted by Gasteiger charge is 2.28. The smallest absolute Gasteiger partial charge is 0.221 e. The summed E-state index contributed by atoms with van der Waals surface area (Å²) < 4.78 is 1.34. The molecule has 5 rings (SSSR count). The number of nitrogens with one attached hydrogen (secondary N) is 1. The Balaban J connectivity index is 1.24. The Morgan fingerprint density at radius 3 is 2.77 bits per heavy atom. The fourth-order valence-corrected chi connectivity index (χ4v) is 6.43. The summed E-state index contributed by atoms with van der Waals surface area (Å²) in [5.74, 6) is 1.20. The van der Waals surface area contributed by atoms with Crippen molar-refractivity contribution in [2.45, 2.75) is 44.4 Å². The van der Waals surface area contributed by atoms with Gasteiger partial charge in [-0.2, -0.15) is 0 Å². The van der Waals surface area contributed by atoms with Gasteiger partial charge in [-0.05, 0) is 108 Å². The predicted molar refractivity (Wildman–Crippen MR) is 127 cm³/mol. The van der Waals surface area contributed by atoms with Crippen LogP contribution in [0.5, 0.6) is 0 Å². The van der Waals surface area contributed by atoms with Crippen LogP contribution >= 0.6 is 22.9 Å². The number of carbonyl (C=O) groups is 1. The number of rotatable bonds is 4. The van der Waals surface area contributed by atoms with Gasteiger partial charge in [-0.25, -0.2) is 0 Å². The van der Waals surface area contributed by atoms with Crippen molar-refractivity contribution in [3.8, 4) is 0 Å². The summed E-state index contributed by atoms with van der Waals surface area (Å²) in [6.45, 7) is 5.00. The molecule has 1 amide bonds. The Morgan fingerprint density at radius 2 is 1.97 bits per heavy atom. The number of hydrogen-bond donors (Lipinski definition) is 1. The topological polar surface area (TPSA) is 32.3 Å². The van der Waals surface area contributed by atoms with Crippen LogP contribution in [0.3, 0.4) is 0 Å². The Labute approximate surface area is 187 Å². The van der Waals surface area contributed by atoms with Crippen LogP contribution in [0.25, 0.3) is 10.1 Å². The number of fused-ring (bicyclic) bond motifs is 2. The third kappa shape index (κ3) is 4.01. The van der Waals surface area contributed by atoms with Gasteiger partial charge in [-0.1, -0.05) is 17.7 Å². The Bertz CT molecular complexity index is 1080. The molecule has 0 radical (unpaired) electrons. The van der Waals surface area contributed by atoms with Gasteiger partial charge in [0.2, 0.25) is 5.91 Å². The number of halogens is 1. The Morgan fingerprint density at radius 1 is 1.13 bits per heavy atom. The molecule has 2 aromatic carbocycles. The van der Waals surface area contributed by atoms with Crippen molar-refractivity contribution in [2.75, 3.05) is 25.0 Å². The number of benzene rings is 2. The standard InChI is InChI=1S/C25H27ClN2OS/c1-16(29)27-21-6-4-17-2-3-19(22(17)13-21)14-28-10-8-18(9-11-28)24-15-30-25-7-5-20(26)12-23(24)25/h4-7,12-13,15,18-19H,2-3,8-11,14H2,1H3,(H,27,29). The third-order valence-corrected chi connectivity index (χ3v) is 7.96. The zero-order valence-electron chi connectivity index (χ0n) is 17.3. The molecule has 1 unspecified atom stereocenters. The normalized spacial score (nSPS) is 19.9. The van der Waals surface area contributed by atoms with Crippen molar-refractivity contribution in [3.63, 3.8) is 0 Å². The molecule has 1 N–H and O–H groups in total. The third-order valence-electron chi connectivity index (χ3n) is 6.74. The molecule has 1 aromatic heterocycles. The van der Waals surface area contributed by atoms with Crippen molar-refractivity contribution in [2.24, 2.45) is 0 Å². The largest absolute Gasteiger partial charge is 0.326 e. The second-order valence-corrected chi connectivity index (χ2v) is 10.1. The maximum atomic E-state index is 11.4. The first-order chi connectivity index (χ1) is 14.6. The van der Waals surface area contributed by atoms with Crippen LogP contribution in [-0.2, 0) is 11.2 Å². The van der Waals surface area contributed by atoms with Gasteiger partial charge in [-0.15, -0.1) is 11.3 Å². The SMILES string of the molecule is CC(=O)Nc1ccc2c(c1)C(CN1CCC(c3csc4ccc(Cl)cc34)CC1)CC2. The summed E-state index contributed by atoms with van der Waals surface area (Å²) in [4.78, 5) is 14.1. The highest BCUT2D eigenvalue weighted by atomic mass is 35.5. The van der Waals surface area contributed by atoms with Crippen LogP contribution in [-0.4, -0.2) is 30.4 Å². The van der Waals surface area contributed by atoms with Crippen LogP contribution in [0, 0.1) is 0 Å². The van der Waals surface area contributed by atoms with E-state index in [4.69, 9.17) is 11.6 Å². The minimum absolute atomic E-state index is 0.00573. The molecule has 1 atom stereocenters. The van der Waals surface area contributed by atoms with Crippen molar-refractivity contribution >= 4 is 44.6 Å².